The maximum absolute atomic E-state index is 10.6. The fourth-order valence-corrected chi connectivity index (χ4v) is 4.19. The molecule has 0 unspecified atom stereocenters. The maximum atomic E-state index is 10.6. The van der Waals surface area contributed by atoms with E-state index in [0.717, 1.165) is 50.4 Å². The van der Waals surface area contributed by atoms with Crippen LogP contribution < -0.4 is 9.64 Å². The Morgan fingerprint density at radius 3 is 1.60 bits per heavy atom. The van der Waals surface area contributed by atoms with Crippen molar-refractivity contribution in [2.24, 2.45) is 0 Å². The minimum Gasteiger partial charge on any atom is -0.508 e. The van der Waals surface area contributed by atoms with Gasteiger partial charge in [0, 0.05) is 16.8 Å². The van der Waals surface area contributed by atoms with E-state index in [1.54, 1.807) is 12.1 Å². The van der Waals surface area contributed by atoms with Gasteiger partial charge in [-0.3, -0.25) is 0 Å². The minimum absolute atomic E-state index is 0.132. The Morgan fingerprint density at radius 1 is 0.600 bits per heavy atom. The van der Waals surface area contributed by atoms with Gasteiger partial charge in [0.2, 0.25) is 0 Å². The van der Waals surface area contributed by atoms with Crippen LogP contribution in [0, 0.1) is 41.5 Å². The van der Waals surface area contributed by atoms with Crippen LogP contribution in [0.15, 0.2) is 60.7 Å². The predicted molar refractivity (Wildman–Crippen MR) is 141 cm³/mol. The second-order valence-corrected chi connectivity index (χ2v) is 9.16. The summed E-state index contributed by atoms with van der Waals surface area (Å²) in [6, 6.07) is 18.8. The molecule has 0 aromatic heterocycles. The summed E-state index contributed by atoms with van der Waals surface area (Å²) >= 11 is 0. The van der Waals surface area contributed by atoms with Gasteiger partial charge in [-0.2, -0.15) is 0 Å². The van der Waals surface area contributed by atoms with Crippen molar-refractivity contribution in [3.05, 3.63) is 94.0 Å². The molecular formula is C30H31NO4. The molecule has 3 N–H and O–H groups in total. The van der Waals surface area contributed by atoms with E-state index in [2.05, 4.69) is 0 Å². The van der Waals surface area contributed by atoms with Crippen molar-refractivity contribution in [1.29, 1.82) is 0 Å². The Labute approximate surface area is 206 Å². The van der Waals surface area contributed by atoms with Crippen molar-refractivity contribution in [2.75, 3.05) is 4.90 Å². The van der Waals surface area contributed by atoms with Crippen LogP contribution in [0.1, 0.15) is 33.4 Å². The lowest BCUT2D eigenvalue weighted by atomic mass is 10.0. The average Bonchev–Trinajstić information content (AvgIpc) is 2.81. The molecule has 0 atom stereocenters. The molecule has 4 aromatic carbocycles. The SMILES string of the molecule is Cc1cc(O)c(C)c(N(c2ccc(Oc3c(C)ccc(C)c3O)cc2)c2cc(C)cc(O)c2C)c1. The lowest BCUT2D eigenvalue weighted by molar-refractivity contribution is 0.406. The van der Waals surface area contributed by atoms with Gasteiger partial charge < -0.3 is 25.0 Å². The zero-order valence-electron chi connectivity index (χ0n) is 21.0. The molecule has 4 rings (SSSR count). The van der Waals surface area contributed by atoms with Crippen LogP contribution in [-0.2, 0) is 0 Å². The molecule has 0 aliphatic carbocycles. The average molecular weight is 470 g/mol. The number of hydrogen-bond acceptors (Lipinski definition) is 5. The molecule has 0 aliphatic rings. The largest absolute Gasteiger partial charge is 0.508 e. The van der Waals surface area contributed by atoms with Crippen LogP contribution in [0.25, 0.3) is 0 Å². The normalized spacial score (nSPS) is 10.9. The van der Waals surface area contributed by atoms with Crippen molar-refractivity contribution >= 4 is 17.1 Å². The molecule has 0 radical (unpaired) electrons. The molecule has 5 nitrogen and oxygen atoms in total. The predicted octanol–water partition coefficient (Wildman–Crippen LogP) is 7.92. The smallest absolute Gasteiger partial charge is 0.172 e. The minimum atomic E-state index is 0.132. The van der Waals surface area contributed by atoms with Gasteiger partial charge in [0.25, 0.3) is 0 Å². The molecule has 5 heteroatoms. The number of aromatic hydroxyl groups is 3. The molecule has 0 amide bonds. The first kappa shape index (κ1) is 24.0. The van der Waals surface area contributed by atoms with Crippen LogP contribution in [0.4, 0.5) is 17.1 Å². The monoisotopic (exact) mass is 469 g/mol. The number of anilines is 3. The number of ether oxygens (including phenoxy) is 1. The molecule has 0 heterocycles. The third-order valence-corrected chi connectivity index (χ3v) is 6.32. The lowest BCUT2D eigenvalue weighted by Gasteiger charge is -2.30. The Hall–Kier alpha value is -4.12. The highest BCUT2D eigenvalue weighted by Gasteiger charge is 2.21. The number of phenolic OH excluding ortho intramolecular Hbond substituents is 3. The van der Waals surface area contributed by atoms with Crippen molar-refractivity contribution in [3.63, 3.8) is 0 Å². The standard InChI is InChI=1S/C30H31NO4/c1-17-13-25(21(5)27(32)15-17)31(26-14-18(2)16-28(33)22(26)6)23-9-11-24(12-10-23)35-30-20(4)8-7-19(3)29(30)34/h7-16,32-34H,1-6H3. The highest BCUT2D eigenvalue weighted by atomic mass is 16.5. The fourth-order valence-electron chi connectivity index (χ4n) is 4.19. The summed E-state index contributed by atoms with van der Waals surface area (Å²) in [5.74, 6) is 1.58. The van der Waals surface area contributed by atoms with Crippen LogP contribution in [-0.4, -0.2) is 15.3 Å². The molecule has 0 fully saturated rings. The van der Waals surface area contributed by atoms with Crippen molar-refractivity contribution in [1.82, 2.24) is 0 Å². The number of aryl methyl sites for hydroxylation is 4. The highest BCUT2D eigenvalue weighted by Crippen LogP contribution is 2.44. The molecule has 4 aromatic rings. The summed E-state index contributed by atoms with van der Waals surface area (Å²) < 4.78 is 6.04. The summed E-state index contributed by atoms with van der Waals surface area (Å²) in [6.45, 7) is 11.4. The molecule has 0 saturated carbocycles. The van der Waals surface area contributed by atoms with Gasteiger partial charge in [-0.15, -0.1) is 0 Å². The van der Waals surface area contributed by atoms with E-state index >= 15 is 0 Å². The number of hydrogen-bond donors (Lipinski definition) is 3. The number of nitrogens with zero attached hydrogens (tertiary/aromatic N) is 1. The van der Waals surface area contributed by atoms with Crippen molar-refractivity contribution in [2.45, 2.75) is 41.5 Å². The Kier molecular flexibility index (Phi) is 6.35. The van der Waals surface area contributed by atoms with E-state index < -0.39 is 0 Å². The molecular weight excluding hydrogens is 438 g/mol. The molecule has 0 saturated heterocycles. The summed E-state index contributed by atoms with van der Waals surface area (Å²) in [7, 11) is 0. The third kappa shape index (κ3) is 4.62. The van der Waals surface area contributed by atoms with Gasteiger partial charge in [0.15, 0.2) is 11.5 Å². The Morgan fingerprint density at radius 2 is 1.09 bits per heavy atom. The van der Waals surface area contributed by atoms with Gasteiger partial charge >= 0.3 is 0 Å². The van der Waals surface area contributed by atoms with Crippen LogP contribution in [0.3, 0.4) is 0 Å². The van der Waals surface area contributed by atoms with Crippen LogP contribution in [0.2, 0.25) is 0 Å². The summed E-state index contributed by atoms with van der Waals surface area (Å²) in [4.78, 5) is 2.03. The molecule has 0 spiro atoms. The topological polar surface area (TPSA) is 73.2 Å². The van der Waals surface area contributed by atoms with E-state index in [4.69, 9.17) is 4.74 Å². The number of benzene rings is 4. The van der Waals surface area contributed by atoms with Gasteiger partial charge in [0.05, 0.1) is 11.4 Å². The van der Waals surface area contributed by atoms with Crippen LogP contribution >= 0.6 is 0 Å². The first-order valence-electron chi connectivity index (χ1n) is 11.5. The van der Waals surface area contributed by atoms with E-state index in [-0.39, 0.29) is 17.2 Å². The summed E-state index contributed by atoms with van der Waals surface area (Å²) in [6.07, 6.45) is 0. The van der Waals surface area contributed by atoms with Gasteiger partial charge in [-0.25, -0.2) is 0 Å². The number of rotatable bonds is 5. The second kappa shape index (κ2) is 9.26. The molecule has 180 valence electrons. The van der Waals surface area contributed by atoms with E-state index in [0.29, 0.717) is 11.5 Å². The molecule has 0 bridgehead atoms. The Bertz CT molecular complexity index is 1350. The zero-order valence-corrected chi connectivity index (χ0v) is 21.0. The summed E-state index contributed by atoms with van der Waals surface area (Å²) in [5, 5.41) is 31.6. The van der Waals surface area contributed by atoms with Gasteiger partial charge in [-0.1, -0.05) is 12.1 Å². The first-order chi connectivity index (χ1) is 16.6. The van der Waals surface area contributed by atoms with Crippen molar-refractivity contribution < 1.29 is 20.1 Å². The quantitative estimate of drug-likeness (QED) is 0.277. The Balaban J connectivity index is 1.84. The molecule has 35 heavy (non-hydrogen) atoms. The lowest BCUT2D eigenvalue weighted by Crippen LogP contribution is -2.13. The van der Waals surface area contributed by atoms with E-state index in [9.17, 15) is 15.3 Å². The van der Waals surface area contributed by atoms with Gasteiger partial charge in [0.1, 0.15) is 17.2 Å². The summed E-state index contributed by atoms with van der Waals surface area (Å²) in [5.41, 5.74) is 7.37. The maximum Gasteiger partial charge on any atom is 0.172 e. The van der Waals surface area contributed by atoms with E-state index in [1.807, 2.05) is 95.0 Å². The number of phenols is 3. The third-order valence-electron chi connectivity index (χ3n) is 6.32. The zero-order chi connectivity index (χ0) is 25.4. The van der Waals surface area contributed by atoms with Crippen molar-refractivity contribution in [3.8, 4) is 28.7 Å². The molecule has 0 aliphatic heterocycles. The van der Waals surface area contributed by atoms with Crippen LogP contribution in [0.5, 0.6) is 28.7 Å². The second-order valence-electron chi connectivity index (χ2n) is 9.16. The highest BCUT2D eigenvalue weighted by molar-refractivity contribution is 5.83. The van der Waals surface area contributed by atoms with E-state index in [1.165, 1.54) is 0 Å². The fraction of sp³-hybridized carbons (Fsp3) is 0.200. The van der Waals surface area contributed by atoms with Gasteiger partial charge in [-0.05, 0) is 112 Å². The first-order valence-corrected chi connectivity index (χ1v) is 11.5.